The average molecular weight is 373 g/mol. The molecule has 0 aliphatic heterocycles. The van der Waals surface area contributed by atoms with Crippen molar-refractivity contribution in [1.29, 1.82) is 10.8 Å². The van der Waals surface area contributed by atoms with E-state index in [0.29, 0.717) is 22.5 Å². The number of pyridine rings is 1. The summed E-state index contributed by atoms with van der Waals surface area (Å²) in [4.78, 5) is 18.3. The number of nitrogens with zero attached hydrogens (tertiary/aromatic N) is 4. The van der Waals surface area contributed by atoms with Crippen LogP contribution in [0.25, 0.3) is 5.69 Å². The molecule has 126 valence electrons. The van der Waals surface area contributed by atoms with Gasteiger partial charge in [0.15, 0.2) is 5.15 Å². The van der Waals surface area contributed by atoms with E-state index in [1.807, 2.05) is 6.07 Å². The highest BCUT2D eigenvalue weighted by Crippen LogP contribution is 2.28. The molecule has 0 bridgehead atoms. The molecule has 0 unspecified atom stereocenters. The van der Waals surface area contributed by atoms with Gasteiger partial charge in [0, 0.05) is 34.9 Å². The summed E-state index contributed by atoms with van der Waals surface area (Å²) >= 11 is 7.58. The summed E-state index contributed by atoms with van der Waals surface area (Å²) < 4.78 is 1.53. The van der Waals surface area contributed by atoms with Crippen molar-refractivity contribution >= 4 is 47.0 Å². The number of hydrogen-bond donors (Lipinski definition) is 2. The van der Waals surface area contributed by atoms with Gasteiger partial charge in [0.2, 0.25) is 0 Å². The van der Waals surface area contributed by atoms with E-state index < -0.39 is 0 Å². The van der Waals surface area contributed by atoms with Crippen LogP contribution in [-0.2, 0) is 0 Å². The Morgan fingerprint density at radius 3 is 2.92 bits per heavy atom. The van der Waals surface area contributed by atoms with E-state index in [1.54, 1.807) is 35.4 Å². The van der Waals surface area contributed by atoms with Gasteiger partial charge in [-0.25, -0.2) is 4.68 Å². The van der Waals surface area contributed by atoms with Gasteiger partial charge in [-0.3, -0.25) is 14.7 Å². The third kappa shape index (κ3) is 3.35. The van der Waals surface area contributed by atoms with Crippen molar-refractivity contribution in [1.82, 2.24) is 14.8 Å². The highest BCUT2D eigenvalue weighted by Gasteiger charge is 2.24. The number of amides is 1. The zero-order valence-electron chi connectivity index (χ0n) is 12.9. The number of hydrogen-bond acceptors (Lipinski definition) is 6. The number of nitrogens with one attached hydrogen (secondary N) is 2. The topological polar surface area (TPSA) is 98.7 Å². The van der Waals surface area contributed by atoms with Gasteiger partial charge in [-0.1, -0.05) is 11.6 Å². The first-order valence-corrected chi connectivity index (χ1v) is 8.50. The molecule has 0 aromatic carbocycles. The molecule has 0 aliphatic rings. The number of anilines is 1. The summed E-state index contributed by atoms with van der Waals surface area (Å²) in [6, 6.07) is 3.59. The molecule has 0 saturated carbocycles. The number of carbonyl (C=O) groups excluding carboxylic acids is 1. The lowest BCUT2D eigenvalue weighted by Gasteiger charge is -2.19. The highest BCUT2D eigenvalue weighted by atomic mass is 35.5. The Balaban J connectivity index is 2.01. The summed E-state index contributed by atoms with van der Waals surface area (Å²) in [7, 11) is 0. The molecule has 0 aliphatic carbocycles. The van der Waals surface area contributed by atoms with Crippen LogP contribution in [0.5, 0.6) is 0 Å². The summed E-state index contributed by atoms with van der Waals surface area (Å²) in [6.45, 7) is 0.0462. The minimum absolute atomic E-state index is 0.0462. The number of carbonyl (C=O) groups is 1. The third-order valence-electron chi connectivity index (χ3n) is 3.45. The van der Waals surface area contributed by atoms with Crippen LogP contribution >= 0.6 is 22.9 Å². The van der Waals surface area contributed by atoms with Gasteiger partial charge < -0.3 is 10.8 Å². The Labute approximate surface area is 152 Å². The van der Waals surface area contributed by atoms with E-state index in [-0.39, 0.29) is 17.6 Å². The first-order valence-electron chi connectivity index (χ1n) is 7.18. The van der Waals surface area contributed by atoms with Gasteiger partial charge >= 0.3 is 0 Å². The molecule has 3 heterocycles. The molecule has 3 rings (SSSR count). The Kier molecular flexibility index (Phi) is 5.01. The summed E-state index contributed by atoms with van der Waals surface area (Å²) in [5, 5.41) is 22.6. The summed E-state index contributed by atoms with van der Waals surface area (Å²) in [5.74, 6) is -0.337. The van der Waals surface area contributed by atoms with Crippen LogP contribution in [0.2, 0.25) is 5.15 Å². The van der Waals surface area contributed by atoms with Gasteiger partial charge in [0.05, 0.1) is 30.2 Å². The standard InChI is InChI=1S/C16H13ClN6OS/c17-15-14(8-23(21-15)12-2-1-4-20-7-12)22(5-3-18)16(24)13-10-25-9-11(13)6-19/h1-4,6-10,18-19H,5H2. The Morgan fingerprint density at radius 2 is 2.24 bits per heavy atom. The van der Waals surface area contributed by atoms with Crippen LogP contribution < -0.4 is 4.90 Å². The quantitative estimate of drug-likeness (QED) is 0.649. The van der Waals surface area contributed by atoms with E-state index in [2.05, 4.69) is 10.1 Å². The zero-order valence-corrected chi connectivity index (χ0v) is 14.5. The molecule has 1 amide bonds. The smallest absolute Gasteiger partial charge is 0.260 e. The van der Waals surface area contributed by atoms with Crippen LogP contribution in [0.1, 0.15) is 15.9 Å². The van der Waals surface area contributed by atoms with Crippen molar-refractivity contribution < 1.29 is 4.79 Å². The Morgan fingerprint density at radius 1 is 1.40 bits per heavy atom. The van der Waals surface area contributed by atoms with Crippen LogP contribution in [-0.4, -0.2) is 39.6 Å². The van der Waals surface area contributed by atoms with Crippen molar-refractivity contribution in [3.8, 4) is 5.69 Å². The maximum atomic E-state index is 12.9. The Hall–Kier alpha value is -2.84. The van der Waals surface area contributed by atoms with Crippen molar-refractivity contribution in [2.75, 3.05) is 11.4 Å². The zero-order chi connectivity index (χ0) is 17.8. The van der Waals surface area contributed by atoms with Gasteiger partial charge in [-0.15, -0.1) is 0 Å². The summed E-state index contributed by atoms with van der Waals surface area (Å²) in [5.41, 5.74) is 2.02. The molecule has 25 heavy (non-hydrogen) atoms. The average Bonchev–Trinajstić information content (AvgIpc) is 3.26. The molecule has 2 N–H and O–H groups in total. The van der Waals surface area contributed by atoms with E-state index in [1.165, 1.54) is 20.9 Å². The fraction of sp³-hybridized carbons (Fsp3) is 0.0625. The maximum absolute atomic E-state index is 12.9. The molecule has 0 fully saturated rings. The van der Waals surface area contributed by atoms with Crippen molar-refractivity contribution in [3.63, 3.8) is 0 Å². The second-order valence-electron chi connectivity index (χ2n) is 4.97. The molecule has 0 spiro atoms. The lowest BCUT2D eigenvalue weighted by Crippen LogP contribution is -2.32. The molecule has 3 aromatic rings. The molecular weight excluding hydrogens is 360 g/mol. The van der Waals surface area contributed by atoms with E-state index >= 15 is 0 Å². The van der Waals surface area contributed by atoms with Gasteiger partial charge in [-0.05, 0) is 12.1 Å². The van der Waals surface area contributed by atoms with Gasteiger partial charge in [0.1, 0.15) is 5.69 Å². The third-order valence-corrected chi connectivity index (χ3v) is 4.48. The molecular formula is C16H13ClN6OS. The molecule has 3 aromatic heterocycles. The predicted octanol–water partition coefficient (Wildman–Crippen LogP) is 3.28. The SMILES string of the molecule is N=CCN(C(=O)c1cscc1C=N)c1cn(-c2cccnc2)nc1Cl. The number of halogens is 1. The van der Waals surface area contributed by atoms with Crippen LogP contribution in [0, 0.1) is 10.8 Å². The lowest BCUT2D eigenvalue weighted by molar-refractivity contribution is 0.0991. The normalized spacial score (nSPS) is 10.4. The fourth-order valence-electron chi connectivity index (χ4n) is 2.27. The first kappa shape index (κ1) is 17.0. The van der Waals surface area contributed by atoms with Crippen LogP contribution in [0.15, 0.2) is 41.5 Å². The highest BCUT2D eigenvalue weighted by molar-refractivity contribution is 7.08. The molecule has 7 nitrogen and oxygen atoms in total. The van der Waals surface area contributed by atoms with Crippen molar-refractivity contribution in [3.05, 3.63) is 57.8 Å². The first-order chi connectivity index (χ1) is 12.2. The second kappa shape index (κ2) is 7.37. The molecule has 9 heteroatoms. The number of rotatable bonds is 6. The van der Waals surface area contributed by atoms with Crippen molar-refractivity contribution in [2.45, 2.75) is 0 Å². The second-order valence-corrected chi connectivity index (χ2v) is 6.07. The van der Waals surface area contributed by atoms with E-state index in [9.17, 15) is 4.79 Å². The lowest BCUT2D eigenvalue weighted by atomic mass is 10.2. The van der Waals surface area contributed by atoms with Gasteiger partial charge in [0.25, 0.3) is 5.91 Å². The van der Waals surface area contributed by atoms with E-state index in [0.717, 1.165) is 12.4 Å². The maximum Gasteiger partial charge on any atom is 0.260 e. The van der Waals surface area contributed by atoms with Crippen molar-refractivity contribution in [2.24, 2.45) is 0 Å². The Bertz CT molecular complexity index is 920. The van der Waals surface area contributed by atoms with E-state index in [4.69, 9.17) is 22.4 Å². The fourth-order valence-corrected chi connectivity index (χ4v) is 3.28. The summed E-state index contributed by atoms with van der Waals surface area (Å²) in [6.07, 6.45) is 7.15. The van der Waals surface area contributed by atoms with Crippen LogP contribution in [0.3, 0.4) is 0 Å². The number of aromatic nitrogens is 3. The minimum atomic E-state index is -0.337. The van der Waals surface area contributed by atoms with Gasteiger partial charge in [-0.2, -0.15) is 16.4 Å². The van der Waals surface area contributed by atoms with Crippen LogP contribution in [0.4, 0.5) is 5.69 Å². The monoisotopic (exact) mass is 372 g/mol. The number of thiophene rings is 1. The molecule has 0 saturated heterocycles. The molecule has 0 atom stereocenters. The predicted molar refractivity (Wildman–Crippen MR) is 99.0 cm³/mol. The largest absolute Gasteiger partial charge is 0.311 e. The molecule has 0 radical (unpaired) electrons. The minimum Gasteiger partial charge on any atom is -0.311 e.